The van der Waals surface area contributed by atoms with Gasteiger partial charge in [-0.05, 0) is 29.8 Å². The number of amides is 1. The van der Waals surface area contributed by atoms with Gasteiger partial charge in [0.05, 0.1) is 25.4 Å². The standard InChI is InChI=1S/C19H24N2OS/c1-2-21-11-5-8-17(21)13-20-19(22)14-23-18-10-9-15-6-3-4-7-16(15)12-18/h3-4,6-7,9-10,12,17H,2,5,8,11,13-14H2,1H3,(H,20,22)/p+1/t17-/m0/s1. The van der Waals surface area contributed by atoms with E-state index in [1.807, 2.05) is 12.1 Å². The van der Waals surface area contributed by atoms with Gasteiger partial charge in [-0.3, -0.25) is 4.79 Å². The third-order valence-electron chi connectivity index (χ3n) is 4.72. The molecule has 1 amide bonds. The molecule has 0 saturated carbocycles. The summed E-state index contributed by atoms with van der Waals surface area (Å²) in [6.45, 7) is 5.46. The number of hydrogen-bond donors (Lipinski definition) is 2. The molecule has 1 aliphatic rings. The number of benzene rings is 2. The Balaban J connectivity index is 1.48. The number of carbonyl (C=O) groups excluding carboxylic acids is 1. The molecule has 23 heavy (non-hydrogen) atoms. The number of fused-ring (bicyclic) bond motifs is 1. The third kappa shape index (κ3) is 4.27. The SMILES string of the molecule is CC[NH+]1CCC[C@H]1CNC(=O)CSc1ccc2ccccc2c1. The van der Waals surface area contributed by atoms with Crippen molar-refractivity contribution in [3.8, 4) is 0 Å². The van der Waals surface area contributed by atoms with Crippen molar-refractivity contribution in [3.05, 3.63) is 42.5 Å². The summed E-state index contributed by atoms with van der Waals surface area (Å²) in [7, 11) is 0. The van der Waals surface area contributed by atoms with Crippen LogP contribution in [0.1, 0.15) is 19.8 Å². The highest BCUT2D eigenvalue weighted by molar-refractivity contribution is 8.00. The Morgan fingerprint density at radius 2 is 2.09 bits per heavy atom. The number of quaternary nitrogens is 1. The molecular weight excluding hydrogens is 304 g/mol. The Kier molecular flexibility index (Phi) is 5.57. The van der Waals surface area contributed by atoms with Crippen molar-refractivity contribution in [2.45, 2.75) is 30.7 Å². The van der Waals surface area contributed by atoms with E-state index in [1.54, 1.807) is 16.7 Å². The van der Waals surface area contributed by atoms with E-state index in [1.165, 1.54) is 30.2 Å². The van der Waals surface area contributed by atoms with Crippen LogP contribution in [-0.4, -0.2) is 37.3 Å². The van der Waals surface area contributed by atoms with Crippen molar-refractivity contribution in [1.82, 2.24) is 5.32 Å². The topological polar surface area (TPSA) is 33.5 Å². The minimum absolute atomic E-state index is 0.144. The highest BCUT2D eigenvalue weighted by Gasteiger charge is 2.26. The highest BCUT2D eigenvalue weighted by atomic mass is 32.2. The first kappa shape index (κ1) is 16.3. The fourth-order valence-corrected chi connectivity index (χ4v) is 4.16. The molecule has 0 aromatic heterocycles. The van der Waals surface area contributed by atoms with Crippen LogP contribution < -0.4 is 10.2 Å². The number of carbonyl (C=O) groups is 1. The number of likely N-dealkylation sites (N-methyl/N-ethyl adjacent to an activating group) is 1. The molecule has 2 N–H and O–H groups in total. The lowest BCUT2D eigenvalue weighted by atomic mass is 10.1. The molecule has 3 nitrogen and oxygen atoms in total. The molecule has 4 heteroatoms. The van der Waals surface area contributed by atoms with Crippen LogP contribution in [0, 0.1) is 0 Å². The van der Waals surface area contributed by atoms with E-state index in [-0.39, 0.29) is 5.91 Å². The molecule has 0 radical (unpaired) electrons. The average Bonchev–Trinajstić information content (AvgIpc) is 3.05. The van der Waals surface area contributed by atoms with Crippen LogP contribution >= 0.6 is 11.8 Å². The van der Waals surface area contributed by atoms with Gasteiger partial charge in [-0.15, -0.1) is 11.8 Å². The Bertz CT molecular complexity index is 673. The lowest BCUT2D eigenvalue weighted by Gasteiger charge is -2.20. The van der Waals surface area contributed by atoms with Gasteiger partial charge in [0.25, 0.3) is 0 Å². The van der Waals surface area contributed by atoms with Gasteiger partial charge in [0.2, 0.25) is 5.91 Å². The minimum atomic E-state index is 0.144. The Hall–Kier alpha value is -1.52. The first-order chi connectivity index (χ1) is 11.3. The van der Waals surface area contributed by atoms with Crippen molar-refractivity contribution < 1.29 is 9.69 Å². The van der Waals surface area contributed by atoms with E-state index >= 15 is 0 Å². The van der Waals surface area contributed by atoms with Crippen molar-refractivity contribution in [2.75, 3.05) is 25.4 Å². The number of nitrogens with one attached hydrogen (secondary N) is 2. The maximum Gasteiger partial charge on any atom is 0.230 e. The molecule has 122 valence electrons. The van der Waals surface area contributed by atoms with Crippen LogP contribution in [0.15, 0.2) is 47.4 Å². The first-order valence-corrected chi connectivity index (χ1v) is 9.47. The summed E-state index contributed by atoms with van der Waals surface area (Å²) in [5, 5.41) is 5.58. The zero-order chi connectivity index (χ0) is 16.1. The summed E-state index contributed by atoms with van der Waals surface area (Å²) in [5.74, 6) is 0.637. The van der Waals surface area contributed by atoms with Crippen molar-refractivity contribution in [3.63, 3.8) is 0 Å². The Labute approximate surface area is 142 Å². The van der Waals surface area contributed by atoms with Crippen molar-refractivity contribution >= 4 is 28.4 Å². The molecule has 2 aromatic rings. The predicted octanol–water partition coefficient (Wildman–Crippen LogP) is 2.12. The van der Waals surface area contributed by atoms with E-state index in [4.69, 9.17) is 0 Å². The number of likely N-dealkylation sites (tertiary alicyclic amines) is 1. The third-order valence-corrected chi connectivity index (χ3v) is 5.71. The first-order valence-electron chi connectivity index (χ1n) is 8.49. The van der Waals surface area contributed by atoms with E-state index in [0.29, 0.717) is 11.8 Å². The van der Waals surface area contributed by atoms with Gasteiger partial charge in [-0.1, -0.05) is 30.3 Å². The Morgan fingerprint density at radius 3 is 2.91 bits per heavy atom. The second-order valence-electron chi connectivity index (χ2n) is 6.20. The Morgan fingerprint density at radius 1 is 1.26 bits per heavy atom. The van der Waals surface area contributed by atoms with Crippen LogP contribution in [0.2, 0.25) is 0 Å². The molecule has 0 bridgehead atoms. The van der Waals surface area contributed by atoms with Gasteiger partial charge < -0.3 is 10.2 Å². The maximum absolute atomic E-state index is 12.1. The highest BCUT2D eigenvalue weighted by Crippen LogP contribution is 2.23. The zero-order valence-corrected chi connectivity index (χ0v) is 14.5. The summed E-state index contributed by atoms with van der Waals surface area (Å²) in [5.41, 5.74) is 0. The molecule has 1 unspecified atom stereocenters. The van der Waals surface area contributed by atoms with E-state index in [2.05, 4.69) is 42.6 Å². The second-order valence-corrected chi connectivity index (χ2v) is 7.25. The van der Waals surface area contributed by atoms with Gasteiger partial charge in [-0.2, -0.15) is 0 Å². The molecular formula is C19H25N2OS+. The fourth-order valence-electron chi connectivity index (χ4n) is 3.39. The number of rotatable bonds is 6. The van der Waals surface area contributed by atoms with Crippen molar-refractivity contribution in [2.24, 2.45) is 0 Å². The normalized spacial score (nSPS) is 20.7. The molecule has 1 heterocycles. The van der Waals surface area contributed by atoms with Crippen LogP contribution in [-0.2, 0) is 4.79 Å². The maximum atomic E-state index is 12.1. The quantitative estimate of drug-likeness (QED) is 0.796. The summed E-state index contributed by atoms with van der Waals surface area (Å²) in [6.07, 6.45) is 2.52. The van der Waals surface area contributed by atoms with Gasteiger partial charge in [-0.25, -0.2) is 0 Å². The molecule has 0 spiro atoms. The van der Waals surface area contributed by atoms with Crippen LogP contribution in [0.25, 0.3) is 10.8 Å². The van der Waals surface area contributed by atoms with E-state index in [0.717, 1.165) is 18.0 Å². The monoisotopic (exact) mass is 329 g/mol. The van der Waals surface area contributed by atoms with Crippen LogP contribution in [0.5, 0.6) is 0 Å². The summed E-state index contributed by atoms with van der Waals surface area (Å²) in [4.78, 5) is 14.9. The fraction of sp³-hybridized carbons (Fsp3) is 0.421. The molecule has 2 aromatic carbocycles. The second kappa shape index (κ2) is 7.84. The summed E-state index contributed by atoms with van der Waals surface area (Å²) in [6, 6.07) is 15.3. The average molecular weight is 329 g/mol. The zero-order valence-electron chi connectivity index (χ0n) is 13.7. The smallest absolute Gasteiger partial charge is 0.230 e. The largest absolute Gasteiger partial charge is 0.349 e. The van der Waals surface area contributed by atoms with Gasteiger partial charge in [0.15, 0.2) is 0 Å². The number of thioether (sulfide) groups is 1. The number of hydrogen-bond acceptors (Lipinski definition) is 2. The van der Waals surface area contributed by atoms with Gasteiger partial charge in [0.1, 0.15) is 6.04 Å². The molecule has 0 aliphatic carbocycles. The van der Waals surface area contributed by atoms with E-state index in [9.17, 15) is 4.79 Å². The molecule has 1 saturated heterocycles. The molecule has 2 atom stereocenters. The summed E-state index contributed by atoms with van der Waals surface area (Å²) >= 11 is 1.61. The van der Waals surface area contributed by atoms with Crippen LogP contribution in [0.4, 0.5) is 0 Å². The lowest BCUT2D eigenvalue weighted by Crippen LogP contribution is -3.14. The lowest BCUT2D eigenvalue weighted by molar-refractivity contribution is -0.909. The predicted molar refractivity (Wildman–Crippen MR) is 97.1 cm³/mol. The molecule has 1 fully saturated rings. The van der Waals surface area contributed by atoms with Gasteiger partial charge >= 0.3 is 0 Å². The molecule has 1 aliphatic heterocycles. The summed E-state index contributed by atoms with van der Waals surface area (Å²) < 4.78 is 0. The van der Waals surface area contributed by atoms with Gasteiger partial charge in [0, 0.05) is 17.7 Å². The van der Waals surface area contributed by atoms with Crippen LogP contribution in [0.3, 0.4) is 0 Å². The minimum Gasteiger partial charge on any atom is -0.349 e. The molecule has 3 rings (SSSR count). The van der Waals surface area contributed by atoms with E-state index < -0.39 is 0 Å². The van der Waals surface area contributed by atoms with Crippen molar-refractivity contribution in [1.29, 1.82) is 0 Å².